The number of aryl methyl sites for hydroxylation is 1. The average Bonchev–Trinajstić information content (AvgIpc) is 2.82. The first-order valence-electron chi connectivity index (χ1n) is 6.34. The van der Waals surface area contributed by atoms with Gasteiger partial charge in [0.15, 0.2) is 0 Å². The van der Waals surface area contributed by atoms with Gasteiger partial charge in [-0.1, -0.05) is 0 Å². The van der Waals surface area contributed by atoms with Crippen molar-refractivity contribution in [1.82, 2.24) is 10.3 Å². The molecule has 6 nitrogen and oxygen atoms in total. The summed E-state index contributed by atoms with van der Waals surface area (Å²) in [6.07, 6.45) is 2.16. The predicted molar refractivity (Wildman–Crippen MR) is 68.7 cm³/mol. The van der Waals surface area contributed by atoms with Gasteiger partial charge in [-0.05, 0) is 6.92 Å². The Morgan fingerprint density at radius 2 is 2.32 bits per heavy atom. The van der Waals surface area contributed by atoms with Crippen LogP contribution in [-0.2, 0) is 17.9 Å². The van der Waals surface area contributed by atoms with Crippen LogP contribution in [-0.4, -0.2) is 45.7 Å². The van der Waals surface area contributed by atoms with Crippen molar-refractivity contribution in [3.05, 3.63) is 23.0 Å². The van der Waals surface area contributed by atoms with Crippen LogP contribution >= 0.6 is 0 Å². The van der Waals surface area contributed by atoms with E-state index in [9.17, 15) is 15.3 Å². The third kappa shape index (κ3) is 3.22. The minimum absolute atomic E-state index is 0.0914. The predicted octanol–water partition coefficient (Wildman–Crippen LogP) is -0.171. The molecule has 0 aliphatic carbocycles. The van der Waals surface area contributed by atoms with E-state index in [0.717, 1.165) is 0 Å². The quantitative estimate of drug-likeness (QED) is 0.592. The maximum atomic E-state index is 10.1. The van der Waals surface area contributed by atoms with Gasteiger partial charge in [-0.2, -0.15) is 0 Å². The van der Waals surface area contributed by atoms with Crippen LogP contribution in [0.5, 0.6) is 5.75 Å². The fourth-order valence-electron chi connectivity index (χ4n) is 2.17. The maximum absolute atomic E-state index is 10.1. The van der Waals surface area contributed by atoms with Crippen molar-refractivity contribution < 1.29 is 20.1 Å². The van der Waals surface area contributed by atoms with Crippen molar-refractivity contribution in [2.45, 2.75) is 32.1 Å². The van der Waals surface area contributed by atoms with E-state index < -0.39 is 5.60 Å². The molecule has 19 heavy (non-hydrogen) atoms. The van der Waals surface area contributed by atoms with E-state index in [1.165, 1.54) is 0 Å². The van der Waals surface area contributed by atoms with Crippen molar-refractivity contribution >= 4 is 0 Å². The third-order valence-corrected chi connectivity index (χ3v) is 3.44. The van der Waals surface area contributed by atoms with Gasteiger partial charge in [0.2, 0.25) is 0 Å². The minimum atomic E-state index is -0.836. The Kier molecular flexibility index (Phi) is 4.36. The number of aromatic hydroxyl groups is 1. The number of aliphatic hydroxyl groups is 2. The Labute approximate surface area is 112 Å². The highest BCUT2D eigenvalue weighted by atomic mass is 16.5. The molecule has 0 saturated carbocycles. The minimum Gasteiger partial charge on any atom is -0.506 e. The molecule has 1 aliphatic rings. The summed E-state index contributed by atoms with van der Waals surface area (Å²) in [6.45, 7) is 3.18. The average molecular weight is 268 g/mol. The summed E-state index contributed by atoms with van der Waals surface area (Å²) >= 11 is 0. The molecule has 1 fully saturated rings. The Bertz CT molecular complexity index is 445. The van der Waals surface area contributed by atoms with Gasteiger partial charge in [-0.15, -0.1) is 0 Å². The van der Waals surface area contributed by atoms with Crippen molar-refractivity contribution in [3.8, 4) is 5.75 Å². The molecule has 1 aromatic heterocycles. The zero-order chi connectivity index (χ0) is 13.9. The number of rotatable bonds is 5. The van der Waals surface area contributed by atoms with Crippen molar-refractivity contribution in [2.24, 2.45) is 0 Å². The van der Waals surface area contributed by atoms with E-state index in [2.05, 4.69) is 10.3 Å². The van der Waals surface area contributed by atoms with Gasteiger partial charge < -0.3 is 25.4 Å². The second-order valence-corrected chi connectivity index (χ2v) is 4.98. The molecule has 0 aromatic carbocycles. The van der Waals surface area contributed by atoms with Gasteiger partial charge in [0.1, 0.15) is 11.4 Å². The molecular formula is C13H20N2O4. The molecule has 106 valence electrons. The second-order valence-electron chi connectivity index (χ2n) is 4.98. The number of ether oxygens (including phenoxy) is 1. The number of pyridine rings is 1. The summed E-state index contributed by atoms with van der Waals surface area (Å²) < 4.78 is 5.16. The highest BCUT2D eigenvalue weighted by Crippen LogP contribution is 2.24. The molecule has 0 amide bonds. The largest absolute Gasteiger partial charge is 0.506 e. The summed E-state index contributed by atoms with van der Waals surface area (Å²) in [5, 5.41) is 32.4. The van der Waals surface area contributed by atoms with Gasteiger partial charge in [-0.25, -0.2) is 0 Å². The lowest BCUT2D eigenvalue weighted by molar-refractivity contribution is 0.0268. The monoisotopic (exact) mass is 268 g/mol. The Morgan fingerprint density at radius 3 is 2.95 bits per heavy atom. The number of nitrogens with zero attached hydrogens (tertiary/aromatic N) is 1. The van der Waals surface area contributed by atoms with Crippen LogP contribution in [0.2, 0.25) is 0 Å². The SMILES string of the molecule is Cc1ncc(CO)c(CNCC2(O)CCOC2)c1O. The van der Waals surface area contributed by atoms with Gasteiger partial charge in [0, 0.05) is 43.4 Å². The maximum Gasteiger partial charge on any atom is 0.141 e. The summed E-state index contributed by atoms with van der Waals surface area (Å²) in [4.78, 5) is 4.00. The number of aromatic nitrogens is 1. The third-order valence-electron chi connectivity index (χ3n) is 3.44. The number of hydrogen-bond donors (Lipinski definition) is 4. The van der Waals surface area contributed by atoms with Crippen LogP contribution in [0.4, 0.5) is 0 Å². The normalized spacial score (nSPS) is 22.9. The van der Waals surface area contributed by atoms with Crippen molar-refractivity contribution in [3.63, 3.8) is 0 Å². The molecule has 0 bridgehead atoms. The number of nitrogens with one attached hydrogen (secondary N) is 1. The molecule has 1 aliphatic heterocycles. The van der Waals surface area contributed by atoms with Crippen molar-refractivity contribution in [2.75, 3.05) is 19.8 Å². The number of hydrogen-bond acceptors (Lipinski definition) is 6. The standard InChI is InChI=1S/C13H20N2O4/c1-9-12(17)11(10(6-16)4-15-9)5-14-7-13(18)2-3-19-8-13/h4,14,16-18H,2-3,5-8H2,1H3. The Morgan fingerprint density at radius 1 is 1.53 bits per heavy atom. The van der Waals surface area contributed by atoms with E-state index in [-0.39, 0.29) is 12.4 Å². The van der Waals surface area contributed by atoms with Gasteiger partial charge in [-0.3, -0.25) is 4.98 Å². The van der Waals surface area contributed by atoms with E-state index in [0.29, 0.717) is 49.5 Å². The van der Waals surface area contributed by atoms with Crippen LogP contribution in [0, 0.1) is 6.92 Å². The fourth-order valence-corrected chi connectivity index (χ4v) is 2.17. The summed E-state index contributed by atoms with van der Waals surface area (Å²) in [7, 11) is 0. The molecule has 1 unspecified atom stereocenters. The smallest absolute Gasteiger partial charge is 0.141 e. The Balaban J connectivity index is 2.00. The zero-order valence-electron chi connectivity index (χ0n) is 11.0. The lowest BCUT2D eigenvalue weighted by Crippen LogP contribution is -2.40. The molecule has 2 rings (SSSR count). The molecule has 4 N–H and O–H groups in total. The zero-order valence-corrected chi connectivity index (χ0v) is 11.0. The first-order valence-corrected chi connectivity index (χ1v) is 6.34. The van der Waals surface area contributed by atoms with Crippen LogP contribution in [0.3, 0.4) is 0 Å². The van der Waals surface area contributed by atoms with Gasteiger partial charge in [0.25, 0.3) is 0 Å². The van der Waals surface area contributed by atoms with Crippen LogP contribution in [0.25, 0.3) is 0 Å². The molecule has 0 radical (unpaired) electrons. The van der Waals surface area contributed by atoms with E-state index in [1.807, 2.05) is 0 Å². The molecule has 2 heterocycles. The summed E-state index contributed by atoms with van der Waals surface area (Å²) in [6, 6.07) is 0. The Hall–Kier alpha value is -1.21. The van der Waals surface area contributed by atoms with E-state index in [4.69, 9.17) is 4.74 Å². The second kappa shape index (κ2) is 5.83. The van der Waals surface area contributed by atoms with E-state index >= 15 is 0 Å². The van der Waals surface area contributed by atoms with Crippen molar-refractivity contribution in [1.29, 1.82) is 0 Å². The highest BCUT2D eigenvalue weighted by molar-refractivity contribution is 5.40. The summed E-state index contributed by atoms with van der Waals surface area (Å²) in [5.74, 6) is 0.0914. The molecule has 0 spiro atoms. The summed E-state index contributed by atoms with van der Waals surface area (Å²) in [5.41, 5.74) is 0.900. The molecule has 1 atom stereocenters. The molecule has 6 heteroatoms. The lowest BCUT2D eigenvalue weighted by Gasteiger charge is -2.21. The van der Waals surface area contributed by atoms with Gasteiger partial charge in [0.05, 0.1) is 18.9 Å². The topological polar surface area (TPSA) is 94.8 Å². The lowest BCUT2D eigenvalue weighted by atomic mass is 10.0. The molecule has 1 saturated heterocycles. The first kappa shape index (κ1) is 14.2. The van der Waals surface area contributed by atoms with Crippen LogP contribution in [0.15, 0.2) is 6.20 Å². The highest BCUT2D eigenvalue weighted by Gasteiger charge is 2.31. The fraction of sp³-hybridized carbons (Fsp3) is 0.615. The number of aliphatic hydroxyl groups excluding tert-OH is 1. The van der Waals surface area contributed by atoms with Crippen LogP contribution < -0.4 is 5.32 Å². The van der Waals surface area contributed by atoms with Gasteiger partial charge >= 0.3 is 0 Å². The molecule has 1 aromatic rings. The van der Waals surface area contributed by atoms with Crippen LogP contribution in [0.1, 0.15) is 23.2 Å². The van der Waals surface area contributed by atoms with E-state index in [1.54, 1.807) is 13.1 Å². The first-order chi connectivity index (χ1) is 9.06. The molecular weight excluding hydrogens is 248 g/mol.